The molecule has 0 aromatic heterocycles. The molecule has 0 saturated carbocycles. The predicted molar refractivity (Wildman–Crippen MR) is 164 cm³/mol. The highest BCUT2D eigenvalue weighted by Crippen LogP contribution is 2.51. The molecular weight excluding hydrogens is 484 g/mol. The minimum atomic E-state index is -1.29. The van der Waals surface area contributed by atoms with Crippen LogP contribution in [0, 0.1) is 12.3 Å². The van der Waals surface area contributed by atoms with Crippen LogP contribution in [0.5, 0.6) is 5.75 Å². The van der Waals surface area contributed by atoms with Crippen molar-refractivity contribution in [3.05, 3.63) is 64.7 Å². The molecule has 0 spiro atoms. The number of benzene rings is 2. The predicted octanol–water partition coefficient (Wildman–Crippen LogP) is 7.97. The number of ether oxygens (including phenoxy) is 1. The molecule has 0 radical (unpaired) electrons. The lowest BCUT2D eigenvalue weighted by molar-refractivity contribution is -0.150. The molecule has 2 rings (SSSR count). The van der Waals surface area contributed by atoms with Crippen LogP contribution in [0.4, 0.5) is 0 Å². The van der Waals surface area contributed by atoms with Crippen LogP contribution < -0.4 is 4.74 Å². The molecule has 0 aliphatic heterocycles. The lowest BCUT2D eigenvalue weighted by atomic mass is 9.62. The van der Waals surface area contributed by atoms with Gasteiger partial charge in [-0.15, -0.1) is 0 Å². The molecular formula is C35H56O4. The van der Waals surface area contributed by atoms with E-state index in [1.807, 2.05) is 30.3 Å². The summed E-state index contributed by atoms with van der Waals surface area (Å²) in [5.74, 6) is 0.666. The Morgan fingerprint density at radius 2 is 1.23 bits per heavy atom. The van der Waals surface area contributed by atoms with Gasteiger partial charge in [0.15, 0.2) is 0 Å². The Labute approximate surface area is 238 Å². The number of aliphatic hydroxyl groups is 3. The van der Waals surface area contributed by atoms with Crippen LogP contribution >= 0.6 is 0 Å². The van der Waals surface area contributed by atoms with Crippen LogP contribution in [0.15, 0.2) is 42.5 Å². The molecule has 0 aliphatic carbocycles. The Hall–Kier alpha value is -1.88. The lowest BCUT2D eigenvalue weighted by Gasteiger charge is -2.51. The van der Waals surface area contributed by atoms with Gasteiger partial charge in [-0.3, -0.25) is 0 Å². The lowest BCUT2D eigenvalue weighted by Crippen LogP contribution is -2.58. The largest absolute Gasteiger partial charge is 0.482 e. The number of hydrogen-bond donors (Lipinski definition) is 3. The van der Waals surface area contributed by atoms with Gasteiger partial charge in [0, 0.05) is 5.56 Å². The van der Waals surface area contributed by atoms with E-state index in [9.17, 15) is 15.3 Å². The number of rotatable bonds is 15. The molecule has 0 bridgehead atoms. The van der Waals surface area contributed by atoms with Gasteiger partial charge in [-0.25, -0.2) is 0 Å². The molecule has 220 valence electrons. The Bertz CT molecular complexity index is 988. The monoisotopic (exact) mass is 540 g/mol. The number of hydrogen-bond acceptors (Lipinski definition) is 4. The molecule has 1 unspecified atom stereocenters. The average Bonchev–Trinajstić information content (AvgIpc) is 2.88. The molecule has 2 aromatic carbocycles. The van der Waals surface area contributed by atoms with Crippen LogP contribution in [-0.4, -0.2) is 35.1 Å². The zero-order valence-electron chi connectivity index (χ0n) is 26.1. The fourth-order valence-electron chi connectivity index (χ4n) is 5.77. The maximum Gasteiger partial charge on any atom is 0.147 e. The quantitative estimate of drug-likeness (QED) is 0.200. The van der Waals surface area contributed by atoms with E-state index in [4.69, 9.17) is 4.74 Å². The molecule has 0 aliphatic rings. The van der Waals surface area contributed by atoms with E-state index in [1.54, 1.807) is 0 Å². The zero-order valence-corrected chi connectivity index (χ0v) is 26.1. The van der Waals surface area contributed by atoms with Crippen molar-refractivity contribution < 1.29 is 20.1 Å². The van der Waals surface area contributed by atoms with Crippen LogP contribution in [-0.2, 0) is 16.4 Å². The summed E-state index contributed by atoms with van der Waals surface area (Å²) in [4.78, 5) is 0. The molecule has 39 heavy (non-hydrogen) atoms. The van der Waals surface area contributed by atoms with E-state index in [0.717, 1.165) is 36.0 Å². The van der Waals surface area contributed by atoms with Crippen molar-refractivity contribution in [1.29, 1.82) is 0 Å². The third kappa shape index (κ3) is 7.86. The summed E-state index contributed by atoms with van der Waals surface area (Å²) in [6, 6.07) is 14.2. The van der Waals surface area contributed by atoms with E-state index in [0.29, 0.717) is 12.2 Å². The minimum absolute atomic E-state index is 0.0489. The summed E-state index contributed by atoms with van der Waals surface area (Å²) >= 11 is 0. The van der Waals surface area contributed by atoms with Crippen molar-refractivity contribution in [1.82, 2.24) is 0 Å². The molecule has 0 heterocycles. The van der Waals surface area contributed by atoms with Crippen molar-refractivity contribution in [3.8, 4) is 5.75 Å². The summed E-state index contributed by atoms with van der Waals surface area (Å²) in [7, 11) is 0. The Balaban J connectivity index is 2.85. The Kier molecular flexibility index (Phi) is 12.1. The van der Waals surface area contributed by atoms with E-state index in [-0.39, 0.29) is 10.8 Å². The summed E-state index contributed by atoms with van der Waals surface area (Å²) in [5.41, 5.74) is 1.69. The van der Waals surface area contributed by atoms with Gasteiger partial charge in [-0.2, -0.15) is 0 Å². The van der Waals surface area contributed by atoms with Gasteiger partial charge in [-0.1, -0.05) is 117 Å². The highest BCUT2D eigenvalue weighted by Gasteiger charge is 2.56. The Morgan fingerprint density at radius 1 is 0.692 bits per heavy atom. The van der Waals surface area contributed by atoms with Gasteiger partial charge in [0.1, 0.15) is 11.4 Å². The average molecular weight is 541 g/mol. The first kappa shape index (κ1) is 33.3. The van der Waals surface area contributed by atoms with Crippen LogP contribution in [0.2, 0.25) is 0 Å². The van der Waals surface area contributed by atoms with Gasteiger partial charge in [-0.05, 0) is 59.4 Å². The highest BCUT2D eigenvalue weighted by atomic mass is 16.5. The smallest absolute Gasteiger partial charge is 0.147 e. The molecule has 0 amide bonds. The van der Waals surface area contributed by atoms with Gasteiger partial charge in [0.25, 0.3) is 0 Å². The summed E-state index contributed by atoms with van der Waals surface area (Å²) < 4.78 is 7.03. The third-order valence-electron chi connectivity index (χ3n) is 8.35. The number of para-hydroxylation sites is 1. The SMILES string of the molecule is CCCCCCCCCC(Oc1ccccc1)(c1c(C)cc(C(C)(C)C)cc1C(C)(C)C)C(CO)(CO)CO. The zero-order chi connectivity index (χ0) is 29.3. The molecule has 4 nitrogen and oxygen atoms in total. The number of aryl methyl sites for hydroxylation is 1. The molecule has 1 atom stereocenters. The van der Waals surface area contributed by atoms with Crippen LogP contribution in [0.3, 0.4) is 0 Å². The molecule has 0 saturated heterocycles. The summed E-state index contributed by atoms with van der Waals surface area (Å²) in [6.45, 7) is 16.4. The van der Waals surface area contributed by atoms with Crippen molar-refractivity contribution in [2.24, 2.45) is 5.41 Å². The van der Waals surface area contributed by atoms with Crippen molar-refractivity contribution in [2.45, 2.75) is 123 Å². The molecule has 4 heteroatoms. The van der Waals surface area contributed by atoms with Crippen LogP contribution in [0.1, 0.15) is 122 Å². The van der Waals surface area contributed by atoms with Gasteiger partial charge in [0.05, 0.1) is 25.2 Å². The fraction of sp³-hybridized carbons (Fsp3) is 0.657. The van der Waals surface area contributed by atoms with Gasteiger partial charge >= 0.3 is 0 Å². The first-order valence-corrected chi connectivity index (χ1v) is 15.0. The fourth-order valence-corrected chi connectivity index (χ4v) is 5.77. The molecule has 2 aromatic rings. The molecule has 3 N–H and O–H groups in total. The number of unbranched alkanes of at least 4 members (excludes halogenated alkanes) is 6. The standard InChI is InChI=1S/C35H56O4/c1-9-10-11-12-13-14-18-21-35(34(24-36,25-37)26-38,39-29-19-16-15-17-20-29)31-27(2)22-28(32(3,4)5)23-30(31)33(6,7)8/h15-17,19-20,22-23,36-38H,9-14,18,21,24-26H2,1-8H3. The highest BCUT2D eigenvalue weighted by molar-refractivity contribution is 5.49. The minimum Gasteiger partial charge on any atom is -0.482 e. The van der Waals surface area contributed by atoms with E-state index < -0.39 is 30.8 Å². The Morgan fingerprint density at radius 3 is 1.72 bits per heavy atom. The van der Waals surface area contributed by atoms with Gasteiger partial charge < -0.3 is 20.1 Å². The first-order chi connectivity index (χ1) is 18.3. The first-order valence-electron chi connectivity index (χ1n) is 15.0. The second-order valence-corrected chi connectivity index (χ2v) is 13.6. The van der Waals surface area contributed by atoms with E-state index in [2.05, 4.69) is 67.5 Å². The van der Waals surface area contributed by atoms with E-state index >= 15 is 0 Å². The summed E-state index contributed by atoms with van der Waals surface area (Å²) in [5, 5.41) is 32.8. The topological polar surface area (TPSA) is 69.9 Å². The van der Waals surface area contributed by atoms with Crippen molar-refractivity contribution >= 4 is 0 Å². The second-order valence-electron chi connectivity index (χ2n) is 13.6. The van der Waals surface area contributed by atoms with Crippen molar-refractivity contribution in [3.63, 3.8) is 0 Å². The third-order valence-corrected chi connectivity index (χ3v) is 8.35. The maximum absolute atomic E-state index is 10.9. The van der Waals surface area contributed by atoms with Crippen LogP contribution in [0.25, 0.3) is 0 Å². The van der Waals surface area contributed by atoms with Gasteiger partial charge in [0.2, 0.25) is 0 Å². The molecule has 0 fully saturated rings. The number of aliphatic hydroxyl groups excluding tert-OH is 3. The maximum atomic E-state index is 10.9. The summed E-state index contributed by atoms with van der Waals surface area (Å²) in [6.07, 6.45) is 8.56. The second kappa shape index (κ2) is 14.1. The van der Waals surface area contributed by atoms with Crippen molar-refractivity contribution in [2.75, 3.05) is 19.8 Å². The van der Waals surface area contributed by atoms with E-state index in [1.165, 1.54) is 31.2 Å². The normalized spacial score (nSPS) is 14.3.